The van der Waals surface area contributed by atoms with Crippen LogP contribution in [-0.4, -0.2) is 24.6 Å². The first-order valence-electron chi connectivity index (χ1n) is 7.36. The Morgan fingerprint density at radius 3 is 2.57 bits per heavy atom. The Kier molecular flexibility index (Phi) is 5.52. The maximum atomic E-state index is 4.78. The van der Waals surface area contributed by atoms with Gasteiger partial charge in [-0.15, -0.1) is 13.2 Å². The van der Waals surface area contributed by atoms with Crippen molar-refractivity contribution in [1.82, 2.24) is 10.3 Å². The molecule has 1 aromatic heterocycles. The Bertz CT molecular complexity index is 609. The van der Waals surface area contributed by atoms with Crippen molar-refractivity contribution in [2.75, 3.05) is 24.5 Å². The molecular weight excluding hydrogens is 258 g/mol. The number of hydrogen-bond donors (Lipinski definition) is 1. The molecule has 0 radical (unpaired) electrons. The molecule has 0 fully saturated rings. The highest BCUT2D eigenvalue weighted by molar-refractivity contribution is 5.84. The molecule has 0 aliphatic heterocycles. The molecule has 0 spiro atoms. The summed E-state index contributed by atoms with van der Waals surface area (Å²) in [6.07, 6.45) is 3.79. The fourth-order valence-corrected chi connectivity index (χ4v) is 2.37. The predicted molar refractivity (Wildman–Crippen MR) is 91.7 cm³/mol. The average molecular weight is 281 g/mol. The van der Waals surface area contributed by atoms with Crippen LogP contribution in [0.25, 0.3) is 10.9 Å². The maximum Gasteiger partial charge on any atom is 0.130 e. The summed E-state index contributed by atoms with van der Waals surface area (Å²) >= 11 is 0. The van der Waals surface area contributed by atoms with E-state index in [4.69, 9.17) is 4.98 Å². The standard InChI is InChI=1S/C18H23N3/c1-4-11-21(12-5-2)18-13-15(14-19-6-3)16-9-7-8-10-17(16)20-18/h4-5,7-10,13,19H,1-2,6,11-12,14H2,3H3. The molecule has 0 unspecified atom stereocenters. The molecule has 110 valence electrons. The minimum absolute atomic E-state index is 0.762. The van der Waals surface area contributed by atoms with E-state index in [0.29, 0.717) is 0 Å². The SMILES string of the molecule is C=CCN(CC=C)c1cc(CNCC)c2ccccc2n1. The normalized spacial score (nSPS) is 10.5. The molecule has 0 amide bonds. The molecule has 21 heavy (non-hydrogen) atoms. The molecule has 1 heterocycles. The Morgan fingerprint density at radius 2 is 1.90 bits per heavy atom. The zero-order chi connectivity index (χ0) is 15.1. The van der Waals surface area contributed by atoms with Crippen molar-refractivity contribution in [3.05, 3.63) is 61.2 Å². The van der Waals surface area contributed by atoms with Crippen LogP contribution in [0.4, 0.5) is 5.82 Å². The van der Waals surface area contributed by atoms with E-state index in [2.05, 4.69) is 54.6 Å². The second kappa shape index (κ2) is 7.60. The van der Waals surface area contributed by atoms with E-state index < -0.39 is 0 Å². The lowest BCUT2D eigenvalue weighted by molar-refractivity contribution is 0.729. The zero-order valence-electron chi connectivity index (χ0n) is 12.7. The van der Waals surface area contributed by atoms with Crippen molar-refractivity contribution < 1.29 is 0 Å². The first-order valence-corrected chi connectivity index (χ1v) is 7.36. The third-order valence-corrected chi connectivity index (χ3v) is 3.38. The number of hydrogen-bond acceptors (Lipinski definition) is 3. The van der Waals surface area contributed by atoms with Gasteiger partial charge in [0, 0.05) is 25.0 Å². The molecule has 0 aliphatic carbocycles. The molecular formula is C18H23N3. The fourth-order valence-electron chi connectivity index (χ4n) is 2.37. The Morgan fingerprint density at radius 1 is 1.19 bits per heavy atom. The summed E-state index contributed by atoms with van der Waals surface area (Å²) in [5.41, 5.74) is 2.30. The van der Waals surface area contributed by atoms with Gasteiger partial charge < -0.3 is 10.2 Å². The van der Waals surface area contributed by atoms with E-state index in [1.165, 1.54) is 10.9 Å². The number of pyridine rings is 1. The minimum atomic E-state index is 0.762. The van der Waals surface area contributed by atoms with E-state index in [1.807, 2.05) is 18.2 Å². The minimum Gasteiger partial charge on any atom is -0.349 e. The molecule has 0 saturated heterocycles. The summed E-state index contributed by atoms with van der Waals surface area (Å²) in [6.45, 7) is 13.1. The number of benzene rings is 1. The van der Waals surface area contributed by atoms with Crippen molar-refractivity contribution in [1.29, 1.82) is 0 Å². The number of nitrogens with zero attached hydrogens (tertiary/aromatic N) is 2. The topological polar surface area (TPSA) is 28.2 Å². The number of anilines is 1. The monoisotopic (exact) mass is 281 g/mol. The van der Waals surface area contributed by atoms with Crippen LogP contribution in [0.5, 0.6) is 0 Å². The molecule has 0 saturated carbocycles. The Labute approximate surface area is 127 Å². The summed E-state index contributed by atoms with van der Waals surface area (Å²) in [4.78, 5) is 6.95. The van der Waals surface area contributed by atoms with Gasteiger partial charge in [-0.3, -0.25) is 0 Å². The Balaban J connectivity index is 2.47. The zero-order valence-corrected chi connectivity index (χ0v) is 12.7. The van der Waals surface area contributed by atoms with Gasteiger partial charge in [-0.05, 0) is 24.2 Å². The van der Waals surface area contributed by atoms with Gasteiger partial charge in [-0.2, -0.15) is 0 Å². The molecule has 0 bridgehead atoms. The highest BCUT2D eigenvalue weighted by atomic mass is 15.2. The highest BCUT2D eigenvalue weighted by Crippen LogP contribution is 2.23. The number of nitrogens with one attached hydrogen (secondary N) is 1. The van der Waals surface area contributed by atoms with Gasteiger partial charge in [0.1, 0.15) is 5.82 Å². The molecule has 1 N–H and O–H groups in total. The number of rotatable bonds is 8. The van der Waals surface area contributed by atoms with Gasteiger partial charge in [0.25, 0.3) is 0 Å². The maximum absolute atomic E-state index is 4.78. The molecule has 2 rings (SSSR count). The quantitative estimate of drug-likeness (QED) is 0.750. The summed E-state index contributed by atoms with van der Waals surface area (Å²) in [7, 11) is 0. The third kappa shape index (κ3) is 3.70. The van der Waals surface area contributed by atoms with Crippen molar-refractivity contribution in [2.24, 2.45) is 0 Å². The summed E-state index contributed by atoms with van der Waals surface area (Å²) in [6, 6.07) is 10.4. The van der Waals surface area contributed by atoms with Gasteiger partial charge in [0.2, 0.25) is 0 Å². The first kappa shape index (κ1) is 15.3. The van der Waals surface area contributed by atoms with Crippen LogP contribution < -0.4 is 10.2 Å². The van der Waals surface area contributed by atoms with Crippen LogP contribution in [0.15, 0.2) is 55.6 Å². The van der Waals surface area contributed by atoms with Gasteiger partial charge in [-0.1, -0.05) is 37.3 Å². The highest BCUT2D eigenvalue weighted by Gasteiger charge is 2.09. The van der Waals surface area contributed by atoms with E-state index in [-0.39, 0.29) is 0 Å². The summed E-state index contributed by atoms with van der Waals surface area (Å²) in [5, 5.41) is 4.61. The lowest BCUT2D eigenvalue weighted by atomic mass is 10.1. The Hall–Kier alpha value is -2.13. The smallest absolute Gasteiger partial charge is 0.130 e. The second-order valence-corrected chi connectivity index (χ2v) is 4.92. The van der Waals surface area contributed by atoms with Gasteiger partial charge in [-0.25, -0.2) is 4.98 Å². The summed E-state index contributed by atoms with van der Waals surface area (Å²) in [5.74, 6) is 0.974. The third-order valence-electron chi connectivity index (χ3n) is 3.38. The summed E-state index contributed by atoms with van der Waals surface area (Å²) < 4.78 is 0. The molecule has 0 aliphatic rings. The lowest BCUT2D eigenvalue weighted by Gasteiger charge is -2.22. The average Bonchev–Trinajstić information content (AvgIpc) is 2.52. The number of aromatic nitrogens is 1. The predicted octanol–water partition coefficient (Wildman–Crippen LogP) is 3.52. The molecule has 3 nitrogen and oxygen atoms in total. The fraction of sp³-hybridized carbons (Fsp3) is 0.278. The molecule has 3 heteroatoms. The number of fused-ring (bicyclic) bond motifs is 1. The molecule has 0 atom stereocenters. The van der Waals surface area contributed by atoms with Crippen molar-refractivity contribution in [3.8, 4) is 0 Å². The van der Waals surface area contributed by atoms with E-state index >= 15 is 0 Å². The van der Waals surface area contributed by atoms with Crippen LogP contribution in [0.1, 0.15) is 12.5 Å². The van der Waals surface area contributed by atoms with Crippen LogP contribution in [0, 0.1) is 0 Å². The second-order valence-electron chi connectivity index (χ2n) is 4.92. The lowest BCUT2D eigenvalue weighted by Crippen LogP contribution is -2.24. The van der Waals surface area contributed by atoms with Gasteiger partial charge in [0.15, 0.2) is 0 Å². The first-order chi connectivity index (χ1) is 10.3. The van der Waals surface area contributed by atoms with Gasteiger partial charge in [0.05, 0.1) is 5.52 Å². The van der Waals surface area contributed by atoms with E-state index in [0.717, 1.165) is 37.5 Å². The van der Waals surface area contributed by atoms with Crippen LogP contribution in [0.3, 0.4) is 0 Å². The van der Waals surface area contributed by atoms with Crippen molar-refractivity contribution in [2.45, 2.75) is 13.5 Å². The van der Waals surface area contributed by atoms with Crippen LogP contribution >= 0.6 is 0 Å². The molecule has 2 aromatic rings. The number of para-hydroxylation sites is 1. The van der Waals surface area contributed by atoms with Crippen molar-refractivity contribution >= 4 is 16.7 Å². The van der Waals surface area contributed by atoms with Crippen LogP contribution in [0.2, 0.25) is 0 Å². The van der Waals surface area contributed by atoms with E-state index in [9.17, 15) is 0 Å². The van der Waals surface area contributed by atoms with Crippen LogP contribution in [-0.2, 0) is 6.54 Å². The van der Waals surface area contributed by atoms with Gasteiger partial charge >= 0.3 is 0 Å². The molecule has 1 aromatic carbocycles. The largest absolute Gasteiger partial charge is 0.349 e. The van der Waals surface area contributed by atoms with Crippen molar-refractivity contribution in [3.63, 3.8) is 0 Å². The van der Waals surface area contributed by atoms with E-state index in [1.54, 1.807) is 0 Å².